The first kappa shape index (κ1) is 15.7. The minimum Gasteiger partial charge on any atom is -0.322 e. The van der Waals surface area contributed by atoms with Crippen molar-refractivity contribution in [2.24, 2.45) is 5.92 Å². The van der Waals surface area contributed by atoms with Crippen molar-refractivity contribution in [3.05, 3.63) is 71.8 Å². The molecule has 1 N–H and O–H groups in total. The molecule has 0 heterocycles. The van der Waals surface area contributed by atoms with Gasteiger partial charge in [0.05, 0.1) is 5.57 Å². The molecule has 0 aliphatic carbocycles. The number of para-hydroxylation sites is 1. The zero-order valence-corrected chi connectivity index (χ0v) is 12.7. The first-order chi connectivity index (χ1) is 10.6. The number of rotatable bonds is 5. The van der Waals surface area contributed by atoms with Crippen molar-refractivity contribution in [2.45, 2.75) is 13.8 Å². The first-order valence-corrected chi connectivity index (χ1v) is 7.25. The van der Waals surface area contributed by atoms with E-state index in [4.69, 9.17) is 0 Å². The molecular weight excluding hydrogens is 276 g/mol. The number of carbonyl (C=O) groups is 2. The fraction of sp³-hybridized carbons (Fsp3) is 0.158. The summed E-state index contributed by atoms with van der Waals surface area (Å²) < 4.78 is 0. The van der Waals surface area contributed by atoms with Crippen LogP contribution in [0.5, 0.6) is 0 Å². The molecule has 0 saturated heterocycles. The van der Waals surface area contributed by atoms with Gasteiger partial charge in [-0.05, 0) is 23.8 Å². The Kier molecular flexibility index (Phi) is 5.26. The minimum absolute atomic E-state index is 0.169. The molecule has 0 atom stereocenters. The normalized spacial score (nSPS) is 11.3. The molecule has 0 aliphatic heterocycles. The fourth-order valence-electron chi connectivity index (χ4n) is 2.00. The number of ketones is 1. The Morgan fingerprint density at radius 1 is 0.909 bits per heavy atom. The molecule has 3 heteroatoms. The van der Waals surface area contributed by atoms with Crippen molar-refractivity contribution < 1.29 is 9.59 Å². The van der Waals surface area contributed by atoms with Crippen molar-refractivity contribution in [2.75, 3.05) is 5.32 Å². The molecule has 0 radical (unpaired) electrons. The van der Waals surface area contributed by atoms with Gasteiger partial charge in [0.1, 0.15) is 0 Å². The summed E-state index contributed by atoms with van der Waals surface area (Å²) >= 11 is 0. The van der Waals surface area contributed by atoms with Gasteiger partial charge in [0.15, 0.2) is 5.78 Å². The van der Waals surface area contributed by atoms with Gasteiger partial charge in [-0.2, -0.15) is 0 Å². The van der Waals surface area contributed by atoms with Crippen LogP contribution in [0, 0.1) is 5.92 Å². The summed E-state index contributed by atoms with van der Waals surface area (Å²) in [6.45, 7) is 3.58. The average Bonchev–Trinajstić information content (AvgIpc) is 2.53. The number of hydrogen-bond donors (Lipinski definition) is 1. The summed E-state index contributed by atoms with van der Waals surface area (Å²) in [5, 5.41) is 2.77. The highest BCUT2D eigenvalue weighted by Crippen LogP contribution is 2.15. The summed E-state index contributed by atoms with van der Waals surface area (Å²) in [6, 6.07) is 18.5. The van der Waals surface area contributed by atoms with Crippen LogP contribution in [0.2, 0.25) is 0 Å². The molecule has 22 heavy (non-hydrogen) atoms. The molecule has 112 valence electrons. The quantitative estimate of drug-likeness (QED) is 0.516. The predicted molar refractivity (Wildman–Crippen MR) is 89.3 cm³/mol. The van der Waals surface area contributed by atoms with Crippen LogP contribution in [0.1, 0.15) is 19.4 Å². The third-order valence-electron chi connectivity index (χ3n) is 3.18. The molecule has 0 fully saturated rings. The average molecular weight is 295 g/mol. The Morgan fingerprint density at radius 2 is 1.45 bits per heavy atom. The van der Waals surface area contributed by atoms with Gasteiger partial charge in [-0.1, -0.05) is 62.4 Å². The molecule has 3 nitrogen and oxygen atoms in total. The van der Waals surface area contributed by atoms with E-state index in [1.165, 1.54) is 0 Å². The Balaban J connectivity index is 2.30. The maximum Gasteiger partial charge on any atom is 0.259 e. The minimum atomic E-state index is -0.381. The molecule has 0 saturated carbocycles. The molecule has 0 bridgehead atoms. The van der Waals surface area contributed by atoms with E-state index in [0.717, 1.165) is 5.56 Å². The summed E-state index contributed by atoms with van der Waals surface area (Å²) in [4.78, 5) is 24.8. The molecule has 0 aliphatic rings. The van der Waals surface area contributed by atoms with E-state index < -0.39 is 0 Å². The van der Waals surface area contributed by atoms with E-state index in [0.29, 0.717) is 5.69 Å². The highest BCUT2D eigenvalue weighted by atomic mass is 16.2. The lowest BCUT2D eigenvalue weighted by atomic mass is 10.0. The molecule has 0 spiro atoms. The zero-order valence-electron chi connectivity index (χ0n) is 12.7. The second-order valence-corrected chi connectivity index (χ2v) is 5.31. The number of hydrogen-bond acceptors (Lipinski definition) is 2. The van der Waals surface area contributed by atoms with E-state index in [9.17, 15) is 9.59 Å². The summed E-state index contributed by atoms with van der Waals surface area (Å²) in [7, 11) is 0. The molecule has 0 unspecified atom stereocenters. The third kappa shape index (κ3) is 4.16. The van der Waals surface area contributed by atoms with Gasteiger partial charge in [-0.25, -0.2) is 0 Å². The van der Waals surface area contributed by atoms with E-state index in [1.807, 2.05) is 48.5 Å². The van der Waals surface area contributed by atoms with Crippen LogP contribution in [0.4, 0.5) is 5.69 Å². The standard InChI is InChI=1S/C19H19NO2/c1-14(2)18(21)17(13-15-9-5-3-6-10-15)19(22)20-16-11-7-4-8-12-16/h3-14H,1-2H3,(H,20,22)/b17-13-/i13+2. The van der Waals surface area contributed by atoms with Gasteiger partial charge in [0.2, 0.25) is 0 Å². The molecular formula is C19H19NO2. The predicted octanol–water partition coefficient (Wildman–Crippen LogP) is 3.93. The second kappa shape index (κ2) is 7.36. The van der Waals surface area contributed by atoms with Crippen molar-refractivity contribution in [3.63, 3.8) is 0 Å². The van der Waals surface area contributed by atoms with Crippen LogP contribution in [0.3, 0.4) is 0 Å². The zero-order chi connectivity index (χ0) is 15.9. The van der Waals surface area contributed by atoms with Gasteiger partial charge in [0.25, 0.3) is 5.91 Å². The Hall–Kier alpha value is -2.68. The first-order valence-electron chi connectivity index (χ1n) is 7.25. The summed E-state index contributed by atoms with van der Waals surface area (Å²) in [5.41, 5.74) is 1.67. The molecule has 1 amide bonds. The van der Waals surface area contributed by atoms with Crippen molar-refractivity contribution in [1.29, 1.82) is 0 Å². The maximum atomic E-state index is 12.5. The number of benzene rings is 2. The molecule has 2 aromatic rings. The third-order valence-corrected chi connectivity index (χ3v) is 3.18. The molecule has 0 aromatic heterocycles. The summed E-state index contributed by atoms with van der Waals surface area (Å²) in [5.74, 6) is -0.789. The number of amides is 1. The van der Waals surface area contributed by atoms with Crippen LogP contribution >= 0.6 is 0 Å². The fourth-order valence-corrected chi connectivity index (χ4v) is 2.00. The van der Waals surface area contributed by atoms with Gasteiger partial charge >= 0.3 is 0 Å². The van der Waals surface area contributed by atoms with Crippen molar-refractivity contribution in [3.8, 4) is 0 Å². The van der Waals surface area contributed by atoms with Crippen LogP contribution in [0.25, 0.3) is 6.08 Å². The Bertz CT molecular complexity index is 673. The number of Topliss-reactive ketones (excluding diaryl/α,β-unsaturated/α-hetero) is 1. The van der Waals surface area contributed by atoms with Gasteiger partial charge in [0, 0.05) is 11.6 Å². The SMILES string of the molecule is CC(C)C(=O)/C(=[14CH]/c1ccccc1)C(=O)Nc1ccccc1. The lowest BCUT2D eigenvalue weighted by Gasteiger charge is -2.10. The maximum absolute atomic E-state index is 12.5. The molecule has 2 aromatic carbocycles. The van der Waals surface area contributed by atoms with Crippen LogP contribution in [0.15, 0.2) is 66.2 Å². The lowest BCUT2D eigenvalue weighted by Crippen LogP contribution is -2.23. The van der Waals surface area contributed by atoms with E-state index >= 15 is 0 Å². The van der Waals surface area contributed by atoms with Crippen molar-refractivity contribution in [1.82, 2.24) is 0 Å². The summed E-state index contributed by atoms with van der Waals surface area (Å²) in [6.07, 6.45) is 1.64. The number of anilines is 1. The number of nitrogens with one attached hydrogen (secondary N) is 1. The Labute approximate surface area is 130 Å². The topological polar surface area (TPSA) is 46.2 Å². The van der Waals surface area contributed by atoms with Gasteiger partial charge in [-0.15, -0.1) is 0 Å². The smallest absolute Gasteiger partial charge is 0.259 e. The highest BCUT2D eigenvalue weighted by Gasteiger charge is 2.21. The lowest BCUT2D eigenvalue weighted by molar-refractivity contribution is -0.121. The largest absolute Gasteiger partial charge is 0.322 e. The van der Waals surface area contributed by atoms with E-state index in [2.05, 4.69) is 5.32 Å². The van der Waals surface area contributed by atoms with Crippen LogP contribution < -0.4 is 5.32 Å². The van der Waals surface area contributed by atoms with Gasteiger partial charge < -0.3 is 5.32 Å². The van der Waals surface area contributed by atoms with E-state index in [1.54, 1.807) is 32.1 Å². The highest BCUT2D eigenvalue weighted by molar-refractivity contribution is 6.26. The Morgan fingerprint density at radius 3 is 2.00 bits per heavy atom. The van der Waals surface area contributed by atoms with E-state index in [-0.39, 0.29) is 23.2 Å². The van der Waals surface area contributed by atoms with Crippen LogP contribution in [-0.4, -0.2) is 11.7 Å². The van der Waals surface area contributed by atoms with Crippen molar-refractivity contribution >= 4 is 23.5 Å². The van der Waals surface area contributed by atoms with Gasteiger partial charge in [-0.3, -0.25) is 9.59 Å². The van der Waals surface area contributed by atoms with Crippen LogP contribution in [-0.2, 0) is 9.59 Å². The monoisotopic (exact) mass is 295 g/mol. The number of carbonyl (C=O) groups excluding carboxylic acids is 2. The molecule has 2 rings (SSSR count). The second-order valence-electron chi connectivity index (χ2n) is 5.31.